The molecule has 8 heteroatoms. The van der Waals surface area contributed by atoms with Gasteiger partial charge in [-0.15, -0.1) is 0 Å². The van der Waals surface area contributed by atoms with Gasteiger partial charge < -0.3 is 14.4 Å². The van der Waals surface area contributed by atoms with Gasteiger partial charge in [-0.25, -0.2) is 8.42 Å². The fraction of sp³-hybridized carbons (Fsp3) is 0.385. The summed E-state index contributed by atoms with van der Waals surface area (Å²) in [5.41, 5.74) is 2.47. The highest BCUT2D eigenvalue weighted by molar-refractivity contribution is 7.92. The van der Waals surface area contributed by atoms with E-state index in [0.717, 1.165) is 11.3 Å². The van der Waals surface area contributed by atoms with Crippen LogP contribution in [0.2, 0.25) is 0 Å². The van der Waals surface area contributed by atoms with Gasteiger partial charge in [-0.3, -0.25) is 9.59 Å². The van der Waals surface area contributed by atoms with Gasteiger partial charge in [0.1, 0.15) is 12.3 Å². The Balaban J connectivity index is 1.64. The Bertz CT molecular complexity index is 1330. The van der Waals surface area contributed by atoms with Crippen LogP contribution in [-0.2, 0) is 32.4 Å². The summed E-state index contributed by atoms with van der Waals surface area (Å²) in [6, 6.07) is 14.7. The van der Waals surface area contributed by atoms with E-state index in [1.54, 1.807) is 32.6 Å². The second-order valence-electron chi connectivity index (χ2n) is 9.31. The van der Waals surface area contributed by atoms with Crippen molar-refractivity contribution in [1.82, 2.24) is 9.47 Å². The molecule has 34 heavy (non-hydrogen) atoms. The number of anilines is 1. The van der Waals surface area contributed by atoms with Crippen molar-refractivity contribution in [3.8, 4) is 0 Å². The number of carbonyl (C=O) groups excluding carboxylic acids is 2. The van der Waals surface area contributed by atoms with Crippen molar-refractivity contribution < 1.29 is 18.0 Å². The monoisotopic (exact) mass is 481 g/mol. The molecular weight excluding hydrogens is 450 g/mol. The van der Waals surface area contributed by atoms with Crippen molar-refractivity contribution in [3.05, 3.63) is 60.3 Å². The average Bonchev–Trinajstić information content (AvgIpc) is 3.35. The molecule has 0 radical (unpaired) electrons. The van der Waals surface area contributed by atoms with Crippen molar-refractivity contribution >= 4 is 38.2 Å². The molecule has 4 rings (SSSR count). The molecule has 0 saturated heterocycles. The van der Waals surface area contributed by atoms with Crippen molar-refractivity contribution in [3.63, 3.8) is 0 Å². The minimum absolute atomic E-state index is 0.0264. The molecule has 0 spiro atoms. The zero-order chi connectivity index (χ0) is 24.6. The number of amides is 2. The molecule has 0 N–H and O–H groups in total. The fourth-order valence-electron chi connectivity index (χ4n) is 4.91. The zero-order valence-electron chi connectivity index (χ0n) is 20.1. The molecule has 2 amide bonds. The summed E-state index contributed by atoms with van der Waals surface area (Å²) in [5.74, 6) is -1.14. The SMILES string of the molecule is CC(C)N(C(=O)Cn1cc(S(=O)(=O)CC(=O)N2CCc3ccccc32)c2ccccc21)C(C)C. The Labute approximate surface area is 200 Å². The highest BCUT2D eigenvalue weighted by Crippen LogP contribution is 2.30. The molecule has 0 atom stereocenters. The number of para-hydroxylation sites is 2. The van der Waals surface area contributed by atoms with Gasteiger partial charge in [-0.05, 0) is 51.8 Å². The van der Waals surface area contributed by atoms with E-state index in [1.807, 2.05) is 58.0 Å². The van der Waals surface area contributed by atoms with Gasteiger partial charge in [0, 0.05) is 41.4 Å². The van der Waals surface area contributed by atoms with E-state index in [0.29, 0.717) is 23.9 Å². The van der Waals surface area contributed by atoms with Gasteiger partial charge in [-0.2, -0.15) is 0 Å². The number of hydrogen-bond acceptors (Lipinski definition) is 4. The first kappa shape index (κ1) is 24.0. The van der Waals surface area contributed by atoms with Crippen LogP contribution >= 0.6 is 0 Å². The number of fused-ring (bicyclic) bond motifs is 2. The second kappa shape index (κ2) is 9.25. The van der Waals surface area contributed by atoms with Gasteiger partial charge in [0.25, 0.3) is 0 Å². The third kappa shape index (κ3) is 4.46. The van der Waals surface area contributed by atoms with Crippen LogP contribution in [0.5, 0.6) is 0 Å². The van der Waals surface area contributed by atoms with E-state index in [-0.39, 0.29) is 29.4 Å². The van der Waals surface area contributed by atoms with Gasteiger partial charge in [0.2, 0.25) is 11.8 Å². The maximum Gasteiger partial charge on any atom is 0.242 e. The number of nitrogens with zero attached hydrogens (tertiary/aromatic N) is 3. The molecule has 3 aromatic rings. The van der Waals surface area contributed by atoms with Crippen LogP contribution in [0.15, 0.2) is 59.6 Å². The van der Waals surface area contributed by atoms with Crippen molar-refractivity contribution in [2.45, 2.75) is 57.6 Å². The summed E-state index contributed by atoms with van der Waals surface area (Å²) in [7, 11) is -3.93. The van der Waals surface area contributed by atoms with Gasteiger partial charge in [0.15, 0.2) is 9.84 Å². The molecule has 0 fully saturated rings. The molecule has 180 valence electrons. The fourth-order valence-corrected chi connectivity index (χ4v) is 6.34. The Morgan fingerprint density at radius 1 is 0.971 bits per heavy atom. The first-order valence-corrected chi connectivity index (χ1v) is 13.3. The van der Waals surface area contributed by atoms with E-state index in [1.165, 1.54) is 6.20 Å². The molecule has 7 nitrogen and oxygen atoms in total. The van der Waals surface area contributed by atoms with Crippen LogP contribution in [0.1, 0.15) is 33.3 Å². The van der Waals surface area contributed by atoms with Crippen LogP contribution < -0.4 is 4.90 Å². The summed E-state index contributed by atoms with van der Waals surface area (Å²) in [6.07, 6.45) is 2.22. The maximum absolute atomic E-state index is 13.4. The summed E-state index contributed by atoms with van der Waals surface area (Å²) in [5, 5.41) is 0.519. The Morgan fingerprint density at radius 2 is 1.62 bits per heavy atom. The van der Waals surface area contributed by atoms with Crippen LogP contribution in [-0.4, -0.2) is 54.1 Å². The molecule has 1 aliphatic heterocycles. The summed E-state index contributed by atoms with van der Waals surface area (Å²) < 4.78 is 28.5. The highest BCUT2D eigenvalue weighted by atomic mass is 32.2. The number of benzene rings is 2. The van der Waals surface area contributed by atoms with Crippen molar-refractivity contribution in [2.24, 2.45) is 0 Å². The van der Waals surface area contributed by atoms with E-state index >= 15 is 0 Å². The largest absolute Gasteiger partial charge is 0.337 e. The standard InChI is InChI=1S/C26H31N3O4S/c1-18(2)29(19(3)4)25(30)16-27-15-24(21-10-6-8-12-23(21)27)34(32,33)17-26(31)28-14-13-20-9-5-7-11-22(20)28/h5-12,15,18-19H,13-14,16-17H2,1-4H3. The van der Waals surface area contributed by atoms with Gasteiger partial charge >= 0.3 is 0 Å². The lowest BCUT2D eigenvalue weighted by Gasteiger charge is -2.31. The lowest BCUT2D eigenvalue weighted by Crippen LogP contribution is -2.43. The lowest BCUT2D eigenvalue weighted by atomic mass is 10.2. The number of aromatic nitrogens is 1. The molecule has 2 heterocycles. The molecule has 0 aliphatic carbocycles. The third-order valence-electron chi connectivity index (χ3n) is 6.30. The van der Waals surface area contributed by atoms with Crippen LogP contribution in [0.3, 0.4) is 0 Å². The first-order valence-electron chi connectivity index (χ1n) is 11.6. The zero-order valence-corrected chi connectivity index (χ0v) is 20.9. The van der Waals surface area contributed by atoms with Gasteiger partial charge in [-0.1, -0.05) is 36.4 Å². The number of sulfone groups is 1. The molecule has 0 saturated carbocycles. The summed E-state index contributed by atoms with van der Waals surface area (Å²) in [6.45, 7) is 8.35. The predicted molar refractivity (Wildman–Crippen MR) is 134 cm³/mol. The molecule has 1 aromatic heterocycles. The van der Waals surface area contributed by atoms with E-state index in [4.69, 9.17) is 0 Å². The van der Waals surface area contributed by atoms with E-state index < -0.39 is 21.5 Å². The Hall–Kier alpha value is -3.13. The normalized spacial score (nSPS) is 13.6. The number of rotatable bonds is 7. The maximum atomic E-state index is 13.4. The predicted octanol–water partition coefficient (Wildman–Crippen LogP) is 3.65. The number of hydrogen-bond donors (Lipinski definition) is 0. The third-order valence-corrected chi connectivity index (χ3v) is 7.92. The summed E-state index contributed by atoms with van der Waals surface area (Å²) in [4.78, 5) is 29.5. The smallest absolute Gasteiger partial charge is 0.242 e. The Morgan fingerprint density at radius 3 is 2.32 bits per heavy atom. The van der Waals surface area contributed by atoms with Crippen molar-refractivity contribution in [1.29, 1.82) is 0 Å². The van der Waals surface area contributed by atoms with Gasteiger partial charge in [0.05, 0.1) is 4.90 Å². The molecule has 2 aromatic carbocycles. The van der Waals surface area contributed by atoms with Crippen LogP contribution in [0, 0.1) is 0 Å². The Kier molecular flexibility index (Phi) is 6.53. The second-order valence-corrected chi connectivity index (χ2v) is 11.3. The first-order chi connectivity index (χ1) is 16.1. The van der Waals surface area contributed by atoms with Crippen molar-refractivity contribution in [2.75, 3.05) is 17.2 Å². The molecular formula is C26H31N3O4S. The number of carbonyl (C=O) groups is 2. The highest BCUT2D eigenvalue weighted by Gasteiger charge is 2.31. The lowest BCUT2D eigenvalue weighted by molar-refractivity contribution is -0.135. The van der Waals surface area contributed by atoms with E-state index in [9.17, 15) is 18.0 Å². The average molecular weight is 482 g/mol. The molecule has 0 unspecified atom stereocenters. The van der Waals surface area contributed by atoms with Crippen LogP contribution in [0.25, 0.3) is 10.9 Å². The topological polar surface area (TPSA) is 79.7 Å². The van der Waals surface area contributed by atoms with Crippen LogP contribution in [0.4, 0.5) is 5.69 Å². The minimum Gasteiger partial charge on any atom is -0.337 e. The molecule has 0 bridgehead atoms. The minimum atomic E-state index is -3.93. The quantitative estimate of drug-likeness (QED) is 0.516. The van der Waals surface area contributed by atoms with E-state index in [2.05, 4.69) is 0 Å². The molecule has 1 aliphatic rings. The summed E-state index contributed by atoms with van der Waals surface area (Å²) >= 11 is 0.